The van der Waals surface area contributed by atoms with Crippen LogP contribution in [0, 0.1) is 5.41 Å². The average Bonchev–Trinajstić information content (AvgIpc) is 1.96. The second-order valence-corrected chi connectivity index (χ2v) is 4.14. The van der Waals surface area contributed by atoms with E-state index >= 15 is 0 Å². The normalized spacial score (nSPS) is 13.8. The molecule has 0 heterocycles. The zero-order valence-electron chi connectivity index (χ0n) is 6.54. The number of hydrogen-bond donors (Lipinski definition) is 5. The van der Waals surface area contributed by atoms with Gasteiger partial charge in [0.05, 0.1) is 0 Å². The third-order valence-corrected chi connectivity index (χ3v) is 2.70. The Kier molecular flexibility index (Phi) is 4.22. The Morgan fingerprint density at radius 1 is 1.46 bits per heavy atom. The van der Waals surface area contributed by atoms with Gasteiger partial charge in [0.15, 0.2) is 0 Å². The molecule has 0 bridgehead atoms. The van der Waals surface area contributed by atoms with E-state index in [-0.39, 0.29) is 0 Å². The number of rotatable bonds is 5. The molecule has 0 amide bonds. The fourth-order valence-electron chi connectivity index (χ4n) is 0.746. The van der Waals surface area contributed by atoms with Crippen LogP contribution in [0.3, 0.4) is 0 Å². The zero-order chi connectivity index (χ0) is 10.6. The molecule has 13 heavy (non-hydrogen) atoms. The standard InChI is InChI=1S/C5H10NO6P/c6-4(5(8)9)3(1-2-7)13(10,11)12/h3,6-7H,1-2H2,(H,8,9)(H2,10,11,12). The molecule has 0 aromatic carbocycles. The predicted octanol–water partition coefficient (Wildman–Crippen LogP) is -0.981. The number of nitrogens with one attached hydrogen (secondary N) is 1. The molecule has 5 N–H and O–H groups in total. The molecule has 0 aliphatic heterocycles. The third-order valence-electron chi connectivity index (χ3n) is 1.37. The van der Waals surface area contributed by atoms with Gasteiger partial charge in [0.1, 0.15) is 11.4 Å². The van der Waals surface area contributed by atoms with Crippen molar-refractivity contribution in [2.75, 3.05) is 6.61 Å². The van der Waals surface area contributed by atoms with Gasteiger partial charge in [-0.3, -0.25) is 9.97 Å². The van der Waals surface area contributed by atoms with Gasteiger partial charge >= 0.3 is 13.6 Å². The van der Waals surface area contributed by atoms with Crippen molar-refractivity contribution in [1.29, 1.82) is 5.41 Å². The van der Waals surface area contributed by atoms with Gasteiger partial charge in [0.2, 0.25) is 0 Å². The van der Waals surface area contributed by atoms with Crippen LogP contribution in [-0.4, -0.2) is 43.9 Å². The molecule has 0 rings (SSSR count). The summed E-state index contributed by atoms with van der Waals surface area (Å²) in [6, 6.07) is 0. The average molecular weight is 211 g/mol. The van der Waals surface area contributed by atoms with Crippen LogP contribution in [0.15, 0.2) is 0 Å². The number of carboxylic acids is 1. The van der Waals surface area contributed by atoms with Crippen molar-refractivity contribution >= 4 is 19.3 Å². The van der Waals surface area contributed by atoms with Crippen molar-refractivity contribution in [3.05, 3.63) is 0 Å². The van der Waals surface area contributed by atoms with Crippen LogP contribution >= 0.6 is 7.60 Å². The van der Waals surface area contributed by atoms with E-state index < -0.39 is 38.0 Å². The molecular weight excluding hydrogens is 201 g/mol. The van der Waals surface area contributed by atoms with Crippen molar-refractivity contribution in [3.63, 3.8) is 0 Å². The molecular formula is C5H10NO6P. The molecule has 0 aliphatic rings. The van der Waals surface area contributed by atoms with Crippen LogP contribution in [0.1, 0.15) is 6.42 Å². The van der Waals surface area contributed by atoms with Crippen molar-refractivity contribution in [2.45, 2.75) is 12.1 Å². The third kappa shape index (κ3) is 3.65. The van der Waals surface area contributed by atoms with E-state index in [4.69, 9.17) is 25.4 Å². The van der Waals surface area contributed by atoms with E-state index in [2.05, 4.69) is 0 Å². The summed E-state index contributed by atoms with van der Waals surface area (Å²) in [6.07, 6.45) is -0.435. The minimum atomic E-state index is -4.67. The Labute approximate surface area is 73.7 Å². The molecule has 0 saturated carbocycles. The molecule has 0 spiro atoms. The Hall–Kier alpha value is -0.750. The molecule has 7 nitrogen and oxygen atoms in total. The van der Waals surface area contributed by atoms with Gasteiger partial charge in [-0.2, -0.15) is 0 Å². The molecule has 0 saturated heterocycles. The fourth-order valence-corrected chi connectivity index (χ4v) is 1.64. The minimum absolute atomic E-state index is 0.435. The highest BCUT2D eigenvalue weighted by Gasteiger charge is 2.35. The first-order valence-corrected chi connectivity index (χ1v) is 4.96. The van der Waals surface area contributed by atoms with Gasteiger partial charge in [0.25, 0.3) is 0 Å². The number of aliphatic carboxylic acids is 1. The van der Waals surface area contributed by atoms with E-state index in [1.165, 1.54) is 0 Å². The van der Waals surface area contributed by atoms with Crippen LogP contribution in [0.5, 0.6) is 0 Å². The lowest BCUT2D eigenvalue weighted by atomic mass is 10.2. The molecule has 1 atom stereocenters. The number of aliphatic hydroxyl groups excluding tert-OH is 1. The van der Waals surface area contributed by atoms with Gasteiger partial charge in [-0.25, -0.2) is 4.79 Å². The van der Waals surface area contributed by atoms with Crippen LogP contribution < -0.4 is 0 Å². The summed E-state index contributed by atoms with van der Waals surface area (Å²) in [4.78, 5) is 27.5. The molecule has 1 unspecified atom stereocenters. The Bertz CT molecular complexity index is 258. The quantitative estimate of drug-likeness (QED) is 0.292. The topological polar surface area (TPSA) is 139 Å². The number of aliphatic hydroxyl groups is 1. The monoisotopic (exact) mass is 211 g/mol. The maximum absolute atomic E-state index is 10.6. The maximum Gasteiger partial charge on any atom is 0.350 e. The van der Waals surface area contributed by atoms with E-state index in [0.29, 0.717) is 0 Å². The van der Waals surface area contributed by atoms with Crippen LogP contribution in [0.2, 0.25) is 0 Å². The number of hydrogen-bond acceptors (Lipinski definition) is 4. The summed E-state index contributed by atoms with van der Waals surface area (Å²) in [6.45, 7) is -0.578. The lowest BCUT2D eigenvalue weighted by Gasteiger charge is -2.15. The first kappa shape index (κ1) is 12.2. The first-order valence-electron chi connectivity index (χ1n) is 3.28. The highest BCUT2D eigenvalue weighted by atomic mass is 31.2. The summed E-state index contributed by atoms with van der Waals surface area (Å²) in [5, 5.41) is 23.5. The summed E-state index contributed by atoms with van der Waals surface area (Å²) in [7, 11) is -4.67. The molecule has 0 aromatic heterocycles. The highest BCUT2D eigenvalue weighted by molar-refractivity contribution is 7.54. The van der Waals surface area contributed by atoms with Gasteiger partial charge in [-0.1, -0.05) is 0 Å². The number of carbonyl (C=O) groups is 1. The lowest BCUT2D eigenvalue weighted by Crippen LogP contribution is -2.28. The minimum Gasteiger partial charge on any atom is -0.477 e. The number of carboxylic acid groups (broad SMARTS) is 1. The van der Waals surface area contributed by atoms with Crippen molar-refractivity contribution in [2.24, 2.45) is 0 Å². The summed E-state index contributed by atoms with van der Waals surface area (Å²) < 4.78 is 10.6. The Balaban J connectivity index is 4.72. The molecule has 0 radical (unpaired) electrons. The highest BCUT2D eigenvalue weighted by Crippen LogP contribution is 2.43. The van der Waals surface area contributed by atoms with Crippen molar-refractivity contribution < 1.29 is 29.4 Å². The molecule has 8 heteroatoms. The molecule has 76 valence electrons. The zero-order valence-corrected chi connectivity index (χ0v) is 7.44. The summed E-state index contributed by atoms with van der Waals surface area (Å²) >= 11 is 0. The lowest BCUT2D eigenvalue weighted by molar-refractivity contribution is -0.129. The van der Waals surface area contributed by atoms with Crippen LogP contribution in [-0.2, 0) is 9.36 Å². The SMILES string of the molecule is N=C(C(=O)O)C(CCO)P(=O)(O)O. The van der Waals surface area contributed by atoms with E-state index in [0.717, 1.165) is 0 Å². The summed E-state index contributed by atoms with van der Waals surface area (Å²) in [5.41, 5.74) is -2.81. The maximum atomic E-state index is 10.6. The van der Waals surface area contributed by atoms with Gasteiger partial charge in [0, 0.05) is 6.61 Å². The van der Waals surface area contributed by atoms with Crippen LogP contribution in [0.4, 0.5) is 0 Å². The van der Waals surface area contributed by atoms with E-state index in [1.807, 2.05) is 0 Å². The van der Waals surface area contributed by atoms with Gasteiger partial charge < -0.3 is 20.0 Å². The molecule has 0 aliphatic carbocycles. The van der Waals surface area contributed by atoms with Crippen molar-refractivity contribution in [1.82, 2.24) is 0 Å². The van der Waals surface area contributed by atoms with Crippen LogP contribution in [0.25, 0.3) is 0 Å². The fraction of sp³-hybridized carbons (Fsp3) is 0.600. The second kappa shape index (κ2) is 4.48. The molecule has 0 aromatic rings. The van der Waals surface area contributed by atoms with Gasteiger partial charge in [-0.15, -0.1) is 0 Å². The Morgan fingerprint density at radius 3 is 2.15 bits per heavy atom. The molecule has 0 fully saturated rings. The van der Waals surface area contributed by atoms with E-state index in [9.17, 15) is 9.36 Å². The Morgan fingerprint density at radius 2 is 1.92 bits per heavy atom. The first-order chi connectivity index (χ1) is 5.80. The van der Waals surface area contributed by atoms with Crippen molar-refractivity contribution in [3.8, 4) is 0 Å². The predicted molar refractivity (Wildman–Crippen MR) is 42.9 cm³/mol. The largest absolute Gasteiger partial charge is 0.477 e. The summed E-state index contributed by atoms with van der Waals surface area (Å²) in [5.74, 6) is -1.69. The second-order valence-electron chi connectivity index (χ2n) is 2.34. The van der Waals surface area contributed by atoms with E-state index in [1.54, 1.807) is 0 Å². The smallest absolute Gasteiger partial charge is 0.350 e. The van der Waals surface area contributed by atoms with Gasteiger partial charge in [-0.05, 0) is 6.42 Å².